The lowest BCUT2D eigenvalue weighted by atomic mass is 9.95. The normalized spacial score (nSPS) is 15.9. The molecule has 0 radical (unpaired) electrons. The molecule has 3 aromatic carbocycles. The molecule has 2 heterocycles. The van der Waals surface area contributed by atoms with Gasteiger partial charge in [-0.2, -0.15) is 0 Å². The van der Waals surface area contributed by atoms with Crippen molar-refractivity contribution in [3.8, 4) is 11.5 Å². The molecule has 0 aliphatic carbocycles. The highest BCUT2D eigenvalue weighted by Crippen LogP contribution is 2.36. The van der Waals surface area contributed by atoms with Crippen LogP contribution in [0.1, 0.15) is 16.7 Å². The molecule has 0 saturated carbocycles. The Morgan fingerprint density at radius 1 is 0.900 bits per heavy atom. The molecule has 1 saturated heterocycles. The largest absolute Gasteiger partial charge is 0.497 e. The van der Waals surface area contributed by atoms with Crippen molar-refractivity contribution in [3.63, 3.8) is 0 Å². The van der Waals surface area contributed by atoms with Crippen LogP contribution in [0.5, 0.6) is 11.5 Å². The molecule has 2 aliphatic heterocycles. The first-order chi connectivity index (χ1) is 19.3. The van der Waals surface area contributed by atoms with Crippen LogP contribution in [0.3, 0.4) is 0 Å². The van der Waals surface area contributed by atoms with Gasteiger partial charge in [-0.05, 0) is 55.4 Å². The van der Waals surface area contributed by atoms with Crippen LogP contribution in [-0.2, 0) is 34.2 Å². The van der Waals surface area contributed by atoms with E-state index in [4.69, 9.17) is 9.47 Å². The summed E-state index contributed by atoms with van der Waals surface area (Å²) in [6, 6.07) is 17.4. The first-order valence-corrected chi connectivity index (χ1v) is 14.9. The molecule has 3 aromatic rings. The van der Waals surface area contributed by atoms with Gasteiger partial charge in [0.05, 0.1) is 31.2 Å². The Balaban J connectivity index is 1.28. The van der Waals surface area contributed by atoms with E-state index in [1.54, 1.807) is 43.5 Å². The Morgan fingerprint density at radius 3 is 2.35 bits per heavy atom. The minimum absolute atomic E-state index is 0.0166. The summed E-state index contributed by atoms with van der Waals surface area (Å²) < 4.78 is 39.2. The van der Waals surface area contributed by atoms with Crippen molar-refractivity contribution in [2.24, 2.45) is 0 Å². The number of benzene rings is 3. The Morgan fingerprint density at radius 2 is 1.65 bits per heavy atom. The number of fused-ring (bicyclic) bond motifs is 1. The average molecular weight is 565 g/mol. The first-order valence-electron chi connectivity index (χ1n) is 13.4. The molecule has 40 heavy (non-hydrogen) atoms. The molecule has 0 unspecified atom stereocenters. The van der Waals surface area contributed by atoms with Gasteiger partial charge < -0.3 is 24.2 Å². The number of anilines is 2. The van der Waals surface area contributed by atoms with E-state index in [9.17, 15) is 13.2 Å². The van der Waals surface area contributed by atoms with Gasteiger partial charge in [-0.3, -0.25) is 9.52 Å². The Labute approximate surface area is 236 Å². The van der Waals surface area contributed by atoms with Crippen molar-refractivity contribution in [1.29, 1.82) is 0 Å². The van der Waals surface area contributed by atoms with Crippen LogP contribution in [0.15, 0.2) is 65.6 Å². The molecule has 0 atom stereocenters. The van der Waals surface area contributed by atoms with Gasteiger partial charge in [0.25, 0.3) is 10.0 Å². The van der Waals surface area contributed by atoms with E-state index < -0.39 is 10.0 Å². The Bertz CT molecular complexity index is 1470. The lowest BCUT2D eigenvalue weighted by Gasteiger charge is -2.38. The molecule has 0 aromatic heterocycles. The summed E-state index contributed by atoms with van der Waals surface area (Å²) >= 11 is 0. The number of nitrogens with zero attached hydrogens (tertiary/aromatic N) is 3. The number of nitrogens with one attached hydrogen (secondary N) is 1. The zero-order valence-corrected chi connectivity index (χ0v) is 24.0. The number of ether oxygens (including phenoxy) is 2. The molecule has 1 amide bonds. The number of hydrogen-bond acceptors (Lipinski definition) is 7. The summed E-state index contributed by atoms with van der Waals surface area (Å²) in [5, 5.41) is 0. The Kier molecular flexibility index (Phi) is 8.18. The summed E-state index contributed by atoms with van der Waals surface area (Å²) in [4.78, 5) is 20.1. The van der Waals surface area contributed by atoms with Crippen LogP contribution in [0.4, 0.5) is 11.4 Å². The number of carbonyl (C=O) groups is 1. The van der Waals surface area contributed by atoms with Gasteiger partial charge in [0.15, 0.2) is 0 Å². The zero-order chi connectivity index (χ0) is 28.3. The summed E-state index contributed by atoms with van der Waals surface area (Å²) in [7, 11) is 1.58. The number of methoxy groups -OCH3 is 2. The quantitative estimate of drug-likeness (QED) is 0.449. The van der Waals surface area contributed by atoms with Crippen LogP contribution < -0.4 is 19.1 Å². The van der Waals surface area contributed by atoms with Crippen molar-refractivity contribution >= 4 is 27.3 Å². The van der Waals surface area contributed by atoms with Crippen LogP contribution in [0.2, 0.25) is 0 Å². The van der Waals surface area contributed by atoms with E-state index in [0.717, 1.165) is 49.5 Å². The molecular formula is C30H36N4O5S. The van der Waals surface area contributed by atoms with E-state index in [1.165, 1.54) is 30.5 Å². The Hall–Kier alpha value is -3.76. The molecule has 0 bridgehead atoms. The fourth-order valence-electron chi connectivity index (χ4n) is 5.35. The third kappa shape index (κ3) is 6.03. The zero-order valence-electron chi connectivity index (χ0n) is 23.2. The van der Waals surface area contributed by atoms with Crippen molar-refractivity contribution in [1.82, 2.24) is 9.80 Å². The number of hydrogen-bond donors (Lipinski definition) is 1. The number of piperazine rings is 1. The minimum atomic E-state index is -3.78. The van der Waals surface area contributed by atoms with E-state index in [2.05, 4.69) is 27.6 Å². The molecule has 9 nitrogen and oxygen atoms in total. The smallest absolute Gasteiger partial charge is 0.261 e. The van der Waals surface area contributed by atoms with Crippen LogP contribution >= 0.6 is 0 Å². The van der Waals surface area contributed by atoms with E-state index in [1.807, 2.05) is 11.0 Å². The molecule has 0 spiro atoms. The van der Waals surface area contributed by atoms with Crippen molar-refractivity contribution < 1.29 is 22.7 Å². The minimum Gasteiger partial charge on any atom is -0.497 e. The first kappa shape index (κ1) is 27.8. The summed E-state index contributed by atoms with van der Waals surface area (Å²) in [6.45, 7) is 5.06. The molecule has 2 aliphatic rings. The predicted molar refractivity (Wildman–Crippen MR) is 156 cm³/mol. The maximum Gasteiger partial charge on any atom is 0.261 e. The summed E-state index contributed by atoms with van der Waals surface area (Å²) in [6.07, 6.45) is 0.936. The van der Waals surface area contributed by atoms with Gasteiger partial charge >= 0.3 is 0 Å². The van der Waals surface area contributed by atoms with E-state index >= 15 is 0 Å². The monoisotopic (exact) mass is 564 g/mol. The highest BCUT2D eigenvalue weighted by molar-refractivity contribution is 7.92. The molecule has 1 fully saturated rings. The number of carbonyl (C=O) groups excluding carboxylic acids is 1. The van der Waals surface area contributed by atoms with Gasteiger partial charge in [0.1, 0.15) is 11.5 Å². The molecular weight excluding hydrogens is 528 g/mol. The van der Waals surface area contributed by atoms with Crippen molar-refractivity contribution in [2.45, 2.75) is 24.3 Å². The number of sulfonamides is 1. The van der Waals surface area contributed by atoms with Gasteiger partial charge in [-0.25, -0.2) is 8.42 Å². The highest BCUT2D eigenvalue weighted by atomic mass is 32.2. The van der Waals surface area contributed by atoms with E-state index in [-0.39, 0.29) is 17.2 Å². The number of likely N-dealkylation sites (N-methyl/N-ethyl adjacent to an activating group) is 1. The summed E-state index contributed by atoms with van der Waals surface area (Å²) in [5.41, 5.74) is 4.70. The lowest BCUT2D eigenvalue weighted by Crippen LogP contribution is -2.45. The summed E-state index contributed by atoms with van der Waals surface area (Å²) in [5.74, 6) is 1.45. The van der Waals surface area contributed by atoms with Gasteiger partial charge in [-0.15, -0.1) is 0 Å². The second-order valence-corrected chi connectivity index (χ2v) is 11.9. The van der Waals surface area contributed by atoms with Crippen LogP contribution in [0.25, 0.3) is 0 Å². The average Bonchev–Trinajstić information content (AvgIpc) is 2.97. The van der Waals surface area contributed by atoms with Crippen molar-refractivity contribution in [3.05, 3.63) is 77.4 Å². The van der Waals surface area contributed by atoms with E-state index in [0.29, 0.717) is 24.5 Å². The van der Waals surface area contributed by atoms with Crippen LogP contribution in [-0.4, -0.2) is 78.1 Å². The molecule has 1 N–H and O–H groups in total. The fraction of sp³-hybridized carbons (Fsp3) is 0.367. The second-order valence-electron chi connectivity index (χ2n) is 10.3. The topological polar surface area (TPSA) is 91.4 Å². The lowest BCUT2D eigenvalue weighted by molar-refractivity contribution is -0.131. The molecule has 212 valence electrons. The SMILES string of the molecule is COc1cccc(NS(=O)(=O)c2ccc(CC(=O)N3CCc4c(OC)ccc(N5CCN(C)CC5)c4C3)cc2)c1. The maximum absolute atomic E-state index is 13.4. The molecule has 10 heteroatoms. The molecule has 5 rings (SSSR count). The fourth-order valence-corrected chi connectivity index (χ4v) is 6.40. The predicted octanol–water partition coefficient (Wildman–Crippen LogP) is 3.38. The standard InChI is InChI=1S/C30H36N4O5S/c1-32-15-17-33(18-16-32)28-11-12-29(39-3)26-13-14-34(21-27(26)28)30(35)19-22-7-9-25(10-8-22)40(36,37)31-23-5-4-6-24(20-23)38-2/h4-12,20,31H,13-19,21H2,1-3H3. The third-order valence-corrected chi connectivity index (χ3v) is 9.07. The van der Waals surface area contributed by atoms with Gasteiger partial charge in [0.2, 0.25) is 5.91 Å². The second kappa shape index (κ2) is 11.8. The van der Waals surface area contributed by atoms with Gasteiger partial charge in [-0.1, -0.05) is 18.2 Å². The number of rotatable bonds is 8. The van der Waals surface area contributed by atoms with Crippen LogP contribution in [0, 0.1) is 0 Å². The van der Waals surface area contributed by atoms with Gasteiger partial charge in [0, 0.05) is 62.1 Å². The van der Waals surface area contributed by atoms with Crippen molar-refractivity contribution in [2.75, 3.05) is 63.6 Å². The highest BCUT2D eigenvalue weighted by Gasteiger charge is 2.28. The maximum atomic E-state index is 13.4. The number of amides is 1. The third-order valence-electron chi connectivity index (χ3n) is 7.67.